The van der Waals surface area contributed by atoms with Crippen LogP contribution in [0.5, 0.6) is 0 Å². The highest BCUT2D eigenvalue weighted by Crippen LogP contribution is 2.34. The Bertz CT molecular complexity index is 905. The molecule has 2 aromatic carbocycles. The second kappa shape index (κ2) is 6.35. The van der Waals surface area contributed by atoms with Gasteiger partial charge in [0.15, 0.2) is 0 Å². The van der Waals surface area contributed by atoms with Crippen molar-refractivity contribution in [3.8, 4) is 22.3 Å². The van der Waals surface area contributed by atoms with Crippen LogP contribution in [0.4, 0.5) is 18.9 Å². The fourth-order valence-electron chi connectivity index (χ4n) is 2.48. The van der Waals surface area contributed by atoms with E-state index in [9.17, 15) is 23.3 Å². The van der Waals surface area contributed by atoms with E-state index in [0.29, 0.717) is 16.7 Å². The molecular weight excluding hydrogens is 333 g/mol. The van der Waals surface area contributed by atoms with Crippen LogP contribution in [0, 0.1) is 10.1 Å². The standard InChI is InChI=1S/C18H11F3N2O2/c19-18(20,21)14-5-1-13(2-6-14)17-11-22-10-9-16(17)12-3-7-15(8-4-12)23(24)25/h1-11H. The van der Waals surface area contributed by atoms with Crippen molar-refractivity contribution in [1.82, 2.24) is 4.98 Å². The summed E-state index contributed by atoms with van der Waals surface area (Å²) >= 11 is 0. The summed E-state index contributed by atoms with van der Waals surface area (Å²) in [4.78, 5) is 14.3. The Morgan fingerprint density at radius 3 is 1.96 bits per heavy atom. The van der Waals surface area contributed by atoms with E-state index in [1.165, 1.54) is 24.3 Å². The summed E-state index contributed by atoms with van der Waals surface area (Å²) in [6.07, 6.45) is -1.28. The molecule has 0 spiro atoms. The molecule has 7 heteroatoms. The van der Waals surface area contributed by atoms with Crippen LogP contribution >= 0.6 is 0 Å². The molecule has 0 aliphatic rings. The Morgan fingerprint density at radius 1 is 0.840 bits per heavy atom. The van der Waals surface area contributed by atoms with Gasteiger partial charge in [0.2, 0.25) is 0 Å². The molecule has 0 N–H and O–H groups in total. The summed E-state index contributed by atoms with van der Waals surface area (Å²) in [5.41, 5.74) is 1.90. The van der Waals surface area contributed by atoms with Crippen molar-refractivity contribution in [3.63, 3.8) is 0 Å². The number of alkyl halides is 3. The molecule has 0 unspecified atom stereocenters. The predicted octanol–water partition coefficient (Wildman–Crippen LogP) is 5.34. The number of halogens is 3. The maximum atomic E-state index is 12.7. The number of nitro groups is 1. The molecule has 4 nitrogen and oxygen atoms in total. The SMILES string of the molecule is O=[N+]([O-])c1ccc(-c2ccncc2-c2ccc(C(F)(F)F)cc2)cc1. The number of benzene rings is 2. The lowest BCUT2D eigenvalue weighted by molar-refractivity contribution is -0.384. The maximum Gasteiger partial charge on any atom is 0.416 e. The topological polar surface area (TPSA) is 56.0 Å². The lowest BCUT2D eigenvalue weighted by Gasteiger charge is -2.11. The molecule has 3 rings (SSSR count). The highest BCUT2D eigenvalue weighted by molar-refractivity contribution is 5.83. The van der Waals surface area contributed by atoms with Crippen molar-refractivity contribution in [3.05, 3.63) is 82.7 Å². The molecule has 1 heterocycles. The van der Waals surface area contributed by atoms with Gasteiger partial charge < -0.3 is 0 Å². The number of nitrogens with zero attached hydrogens (tertiary/aromatic N) is 2. The average molecular weight is 344 g/mol. The van der Waals surface area contributed by atoms with Crippen molar-refractivity contribution in [2.45, 2.75) is 6.18 Å². The highest BCUT2D eigenvalue weighted by atomic mass is 19.4. The normalized spacial score (nSPS) is 11.3. The number of pyridine rings is 1. The van der Waals surface area contributed by atoms with Crippen molar-refractivity contribution in [2.75, 3.05) is 0 Å². The molecule has 0 fully saturated rings. The Hall–Kier alpha value is -3.22. The van der Waals surface area contributed by atoms with Gasteiger partial charge in [0.05, 0.1) is 10.5 Å². The molecule has 0 atom stereocenters. The number of hydrogen-bond acceptors (Lipinski definition) is 3. The van der Waals surface area contributed by atoms with E-state index in [0.717, 1.165) is 17.7 Å². The number of hydrogen-bond donors (Lipinski definition) is 0. The number of non-ortho nitro benzene ring substituents is 1. The van der Waals surface area contributed by atoms with Crippen LogP contribution in [-0.4, -0.2) is 9.91 Å². The fourth-order valence-corrected chi connectivity index (χ4v) is 2.48. The molecule has 0 bridgehead atoms. The van der Waals surface area contributed by atoms with E-state index >= 15 is 0 Å². The second-order valence-electron chi connectivity index (χ2n) is 5.30. The predicted molar refractivity (Wildman–Crippen MR) is 86.8 cm³/mol. The monoisotopic (exact) mass is 344 g/mol. The fraction of sp³-hybridized carbons (Fsp3) is 0.0556. The van der Waals surface area contributed by atoms with Crippen LogP contribution in [0.3, 0.4) is 0 Å². The van der Waals surface area contributed by atoms with Gasteiger partial charge in [-0.15, -0.1) is 0 Å². The van der Waals surface area contributed by atoms with Crippen LogP contribution in [0.25, 0.3) is 22.3 Å². The molecule has 0 aliphatic carbocycles. The van der Waals surface area contributed by atoms with Gasteiger partial charge in [0.1, 0.15) is 0 Å². The van der Waals surface area contributed by atoms with E-state index in [2.05, 4.69) is 4.98 Å². The first kappa shape index (κ1) is 16.6. The molecule has 1 aromatic heterocycles. The van der Waals surface area contributed by atoms with Gasteiger partial charge in [-0.3, -0.25) is 15.1 Å². The minimum absolute atomic E-state index is 0.0334. The number of nitro benzene ring substituents is 1. The van der Waals surface area contributed by atoms with Crippen LogP contribution < -0.4 is 0 Å². The number of aromatic nitrogens is 1. The molecule has 0 aliphatic heterocycles. The third-order valence-corrected chi connectivity index (χ3v) is 3.73. The largest absolute Gasteiger partial charge is 0.416 e. The van der Waals surface area contributed by atoms with Gasteiger partial charge in [0.25, 0.3) is 5.69 Å². The number of rotatable bonds is 3. The van der Waals surface area contributed by atoms with Gasteiger partial charge in [-0.1, -0.05) is 12.1 Å². The van der Waals surface area contributed by atoms with E-state index in [4.69, 9.17) is 0 Å². The minimum Gasteiger partial charge on any atom is -0.264 e. The second-order valence-corrected chi connectivity index (χ2v) is 5.30. The summed E-state index contributed by atoms with van der Waals surface area (Å²) in [6, 6.07) is 12.5. The first-order valence-electron chi connectivity index (χ1n) is 7.23. The third kappa shape index (κ3) is 3.50. The van der Waals surface area contributed by atoms with Crippen LogP contribution in [0.2, 0.25) is 0 Å². The first-order chi connectivity index (χ1) is 11.9. The summed E-state index contributed by atoms with van der Waals surface area (Å²) in [6.45, 7) is 0. The van der Waals surface area contributed by atoms with Crippen LogP contribution in [-0.2, 0) is 6.18 Å². The van der Waals surface area contributed by atoms with E-state index in [1.54, 1.807) is 30.6 Å². The van der Waals surface area contributed by atoms with Crippen molar-refractivity contribution in [2.24, 2.45) is 0 Å². The zero-order chi connectivity index (χ0) is 18.0. The lowest BCUT2D eigenvalue weighted by Crippen LogP contribution is -2.04. The Morgan fingerprint density at radius 2 is 1.40 bits per heavy atom. The smallest absolute Gasteiger partial charge is 0.264 e. The zero-order valence-corrected chi connectivity index (χ0v) is 12.7. The van der Waals surface area contributed by atoms with Crippen LogP contribution in [0.1, 0.15) is 5.56 Å². The maximum absolute atomic E-state index is 12.7. The Balaban J connectivity index is 2.03. The Kier molecular flexibility index (Phi) is 4.22. The molecule has 0 radical (unpaired) electrons. The quantitative estimate of drug-likeness (QED) is 0.476. The van der Waals surface area contributed by atoms with E-state index < -0.39 is 16.7 Å². The molecule has 25 heavy (non-hydrogen) atoms. The summed E-state index contributed by atoms with van der Waals surface area (Å²) < 4.78 is 38.1. The lowest BCUT2D eigenvalue weighted by atomic mass is 9.96. The minimum atomic E-state index is -4.39. The van der Waals surface area contributed by atoms with Gasteiger partial charge in [-0.25, -0.2) is 0 Å². The first-order valence-corrected chi connectivity index (χ1v) is 7.23. The molecule has 0 saturated heterocycles. The average Bonchev–Trinajstić information content (AvgIpc) is 2.61. The molecule has 3 aromatic rings. The summed E-state index contributed by atoms with van der Waals surface area (Å²) in [5, 5.41) is 10.8. The van der Waals surface area contributed by atoms with Gasteiger partial charge in [-0.2, -0.15) is 13.2 Å². The van der Waals surface area contributed by atoms with Gasteiger partial charge >= 0.3 is 6.18 Å². The molecule has 126 valence electrons. The summed E-state index contributed by atoms with van der Waals surface area (Å²) in [5.74, 6) is 0. The summed E-state index contributed by atoms with van der Waals surface area (Å²) in [7, 11) is 0. The third-order valence-electron chi connectivity index (χ3n) is 3.73. The van der Waals surface area contributed by atoms with Crippen molar-refractivity contribution in [1.29, 1.82) is 0 Å². The van der Waals surface area contributed by atoms with Crippen molar-refractivity contribution >= 4 is 5.69 Å². The molecular formula is C18H11F3N2O2. The zero-order valence-electron chi connectivity index (χ0n) is 12.7. The van der Waals surface area contributed by atoms with Crippen molar-refractivity contribution < 1.29 is 18.1 Å². The van der Waals surface area contributed by atoms with E-state index in [1.807, 2.05) is 0 Å². The van der Waals surface area contributed by atoms with Gasteiger partial charge in [0, 0.05) is 30.1 Å². The van der Waals surface area contributed by atoms with E-state index in [-0.39, 0.29) is 5.69 Å². The Labute approximate surface area is 140 Å². The highest BCUT2D eigenvalue weighted by Gasteiger charge is 2.30. The van der Waals surface area contributed by atoms with Gasteiger partial charge in [-0.05, 0) is 47.0 Å². The molecule has 0 amide bonds. The van der Waals surface area contributed by atoms with Crippen LogP contribution in [0.15, 0.2) is 67.0 Å². The molecule has 0 saturated carbocycles.